The molecule has 0 atom stereocenters. The fourth-order valence-corrected chi connectivity index (χ4v) is 3.74. The van der Waals surface area contributed by atoms with E-state index in [0.717, 1.165) is 45.8 Å². The van der Waals surface area contributed by atoms with Crippen molar-refractivity contribution in [3.8, 4) is 0 Å². The number of hydrogen-bond donors (Lipinski definition) is 0. The Balaban J connectivity index is 2.04. The number of hydrogen-bond acceptors (Lipinski definition) is 2. The molecule has 0 aromatic heterocycles. The van der Waals surface area contributed by atoms with Crippen molar-refractivity contribution in [1.29, 1.82) is 0 Å². The highest BCUT2D eigenvalue weighted by Crippen LogP contribution is 2.34. The molecule has 0 radical (unpaired) electrons. The molecule has 29 heavy (non-hydrogen) atoms. The van der Waals surface area contributed by atoms with Crippen LogP contribution < -0.4 is 0 Å². The van der Waals surface area contributed by atoms with E-state index in [2.05, 4.69) is 68.3 Å². The average molecular weight is 383 g/mol. The van der Waals surface area contributed by atoms with Gasteiger partial charge in [0.05, 0.1) is 5.70 Å². The predicted molar refractivity (Wildman–Crippen MR) is 127 cm³/mol. The molecular formula is C27H30N2. The van der Waals surface area contributed by atoms with Gasteiger partial charge in [-0.25, -0.2) is 4.99 Å². The maximum atomic E-state index is 4.85. The Kier molecular flexibility index (Phi) is 6.33. The molecule has 0 N–H and O–H groups in total. The Labute approximate surface area is 175 Å². The van der Waals surface area contributed by atoms with Crippen LogP contribution in [0.25, 0.3) is 11.1 Å². The zero-order valence-corrected chi connectivity index (χ0v) is 17.9. The third-order valence-corrected chi connectivity index (χ3v) is 5.09. The van der Waals surface area contributed by atoms with Gasteiger partial charge in [-0.15, -0.1) is 0 Å². The van der Waals surface area contributed by atoms with E-state index in [1.165, 1.54) is 5.56 Å². The van der Waals surface area contributed by atoms with E-state index in [9.17, 15) is 0 Å². The van der Waals surface area contributed by atoms with Gasteiger partial charge in [0.15, 0.2) is 0 Å². The first kappa shape index (κ1) is 20.6. The Morgan fingerprint density at radius 3 is 2.28 bits per heavy atom. The highest BCUT2D eigenvalue weighted by Gasteiger charge is 2.21. The lowest BCUT2D eigenvalue weighted by atomic mass is 9.96. The van der Waals surface area contributed by atoms with Gasteiger partial charge in [-0.05, 0) is 47.6 Å². The van der Waals surface area contributed by atoms with Gasteiger partial charge in [-0.3, -0.25) is 0 Å². The zero-order chi connectivity index (χ0) is 21.0. The summed E-state index contributed by atoms with van der Waals surface area (Å²) in [6.07, 6.45) is 4.95. The van der Waals surface area contributed by atoms with Crippen LogP contribution in [-0.2, 0) is 6.42 Å². The van der Waals surface area contributed by atoms with E-state index >= 15 is 0 Å². The number of rotatable bonds is 6. The standard InChI is InChI=1S/C27H30N2/c1-7-25-24(22-15-13-21(14-16-22)17-19(2)3)18-28-27(29(25)6)26(20(4)5)23-11-9-8-10-12-23/h7-16,18-19H,1,4,17H2,2-3,5-6H3/b27-26+. The van der Waals surface area contributed by atoms with E-state index < -0.39 is 0 Å². The number of aliphatic imine (C=N–C) groups is 1. The molecule has 0 unspecified atom stereocenters. The quantitative estimate of drug-likeness (QED) is 0.540. The largest absolute Gasteiger partial charge is 0.328 e. The molecule has 1 heterocycles. The Hall–Kier alpha value is -3.13. The minimum absolute atomic E-state index is 0.650. The maximum Gasteiger partial charge on any atom is 0.140 e. The van der Waals surface area contributed by atoms with Gasteiger partial charge in [-0.1, -0.05) is 81.6 Å². The molecule has 0 aliphatic carbocycles. The van der Waals surface area contributed by atoms with Crippen LogP contribution in [0.4, 0.5) is 0 Å². The molecule has 1 aliphatic rings. The molecule has 2 aromatic rings. The summed E-state index contributed by atoms with van der Waals surface area (Å²) >= 11 is 0. The minimum Gasteiger partial charge on any atom is -0.328 e. The molecule has 2 heteroatoms. The van der Waals surface area contributed by atoms with Crippen molar-refractivity contribution >= 4 is 17.4 Å². The molecule has 1 aliphatic heterocycles. The molecule has 0 bridgehead atoms. The van der Waals surface area contributed by atoms with E-state index in [1.807, 2.05) is 44.5 Å². The van der Waals surface area contributed by atoms with Crippen LogP contribution in [-0.4, -0.2) is 18.2 Å². The predicted octanol–water partition coefficient (Wildman–Crippen LogP) is 6.74. The summed E-state index contributed by atoms with van der Waals surface area (Å²) in [5.74, 6) is 1.54. The van der Waals surface area contributed by atoms with Gasteiger partial charge < -0.3 is 4.90 Å². The van der Waals surface area contributed by atoms with Crippen molar-refractivity contribution < 1.29 is 0 Å². The Bertz CT molecular complexity index is 987. The summed E-state index contributed by atoms with van der Waals surface area (Å²) < 4.78 is 0. The first-order valence-electron chi connectivity index (χ1n) is 10.1. The van der Waals surface area contributed by atoms with E-state index in [1.54, 1.807) is 0 Å². The van der Waals surface area contributed by atoms with Crippen molar-refractivity contribution in [3.63, 3.8) is 0 Å². The highest BCUT2D eigenvalue weighted by molar-refractivity contribution is 6.13. The molecule has 0 saturated carbocycles. The van der Waals surface area contributed by atoms with Crippen LogP contribution >= 0.6 is 0 Å². The number of nitrogens with zero attached hydrogens (tertiary/aromatic N) is 2. The molecule has 2 nitrogen and oxygen atoms in total. The smallest absolute Gasteiger partial charge is 0.140 e. The highest BCUT2D eigenvalue weighted by atomic mass is 15.2. The molecule has 3 rings (SSSR count). The Morgan fingerprint density at radius 2 is 1.72 bits per heavy atom. The van der Waals surface area contributed by atoms with Crippen LogP contribution in [0.15, 0.2) is 95.9 Å². The van der Waals surface area contributed by atoms with Gasteiger partial charge in [-0.2, -0.15) is 0 Å². The minimum atomic E-state index is 0.650. The van der Waals surface area contributed by atoms with E-state index in [-0.39, 0.29) is 0 Å². The van der Waals surface area contributed by atoms with Crippen molar-refractivity contribution in [3.05, 3.63) is 108 Å². The second-order valence-electron chi connectivity index (χ2n) is 7.96. The summed E-state index contributed by atoms with van der Waals surface area (Å²) in [6.45, 7) is 14.8. The summed E-state index contributed by atoms with van der Waals surface area (Å²) in [5.41, 5.74) is 7.79. The summed E-state index contributed by atoms with van der Waals surface area (Å²) in [5, 5.41) is 0. The normalized spacial score (nSPS) is 15.7. The summed E-state index contributed by atoms with van der Waals surface area (Å²) in [4.78, 5) is 6.96. The van der Waals surface area contributed by atoms with Gasteiger partial charge in [0.2, 0.25) is 0 Å². The monoisotopic (exact) mass is 382 g/mol. The molecule has 0 fully saturated rings. The lowest BCUT2D eigenvalue weighted by Crippen LogP contribution is -2.22. The zero-order valence-electron chi connectivity index (χ0n) is 17.9. The number of likely N-dealkylation sites (N-methyl/N-ethyl adjacent to an activating group) is 1. The molecular weight excluding hydrogens is 352 g/mol. The summed E-state index contributed by atoms with van der Waals surface area (Å²) in [7, 11) is 2.04. The van der Waals surface area contributed by atoms with Crippen LogP contribution in [0.5, 0.6) is 0 Å². The molecule has 0 amide bonds. The van der Waals surface area contributed by atoms with Crippen molar-refractivity contribution in [1.82, 2.24) is 4.90 Å². The fraction of sp³-hybridized carbons (Fsp3) is 0.222. The summed E-state index contributed by atoms with van der Waals surface area (Å²) in [6, 6.07) is 19.1. The number of allylic oxidation sites excluding steroid dienone is 4. The average Bonchev–Trinajstić information content (AvgIpc) is 2.70. The van der Waals surface area contributed by atoms with Crippen molar-refractivity contribution in [2.45, 2.75) is 27.2 Å². The van der Waals surface area contributed by atoms with E-state index in [4.69, 9.17) is 4.99 Å². The SMILES string of the molecule is C=CC1=C(c2ccc(CC(C)C)cc2)C=N/C(=C(/C(=C)C)c2ccccc2)N1C. The lowest BCUT2D eigenvalue weighted by molar-refractivity contribution is 0.532. The van der Waals surface area contributed by atoms with Gasteiger partial charge in [0, 0.05) is 24.4 Å². The second kappa shape index (κ2) is 8.91. The van der Waals surface area contributed by atoms with Crippen molar-refractivity contribution in [2.75, 3.05) is 7.05 Å². The van der Waals surface area contributed by atoms with E-state index in [0.29, 0.717) is 5.92 Å². The van der Waals surface area contributed by atoms with Crippen LogP contribution in [0.2, 0.25) is 0 Å². The first-order valence-corrected chi connectivity index (χ1v) is 10.1. The van der Waals surface area contributed by atoms with Crippen LogP contribution in [0.3, 0.4) is 0 Å². The molecule has 2 aromatic carbocycles. The van der Waals surface area contributed by atoms with Gasteiger partial charge in [0.1, 0.15) is 5.82 Å². The maximum absolute atomic E-state index is 4.85. The lowest BCUT2D eigenvalue weighted by Gasteiger charge is -2.29. The first-order chi connectivity index (χ1) is 13.9. The third kappa shape index (κ3) is 4.48. The van der Waals surface area contributed by atoms with Gasteiger partial charge in [0.25, 0.3) is 0 Å². The molecule has 0 saturated heterocycles. The molecule has 148 valence electrons. The fourth-order valence-electron chi connectivity index (χ4n) is 3.74. The topological polar surface area (TPSA) is 15.6 Å². The van der Waals surface area contributed by atoms with Crippen LogP contribution in [0, 0.1) is 5.92 Å². The number of benzene rings is 2. The molecule has 0 spiro atoms. The van der Waals surface area contributed by atoms with Crippen LogP contribution in [0.1, 0.15) is 37.5 Å². The van der Waals surface area contributed by atoms with Crippen molar-refractivity contribution in [2.24, 2.45) is 10.9 Å². The second-order valence-corrected chi connectivity index (χ2v) is 7.96. The van der Waals surface area contributed by atoms with Gasteiger partial charge >= 0.3 is 0 Å². The Morgan fingerprint density at radius 1 is 1.07 bits per heavy atom. The third-order valence-electron chi connectivity index (χ3n) is 5.09.